The predicted octanol–water partition coefficient (Wildman–Crippen LogP) is 2.84. The first-order valence-electron chi connectivity index (χ1n) is 9.10. The van der Waals surface area contributed by atoms with Gasteiger partial charge in [-0.05, 0) is 34.5 Å². The van der Waals surface area contributed by atoms with Crippen molar-refractivity contribution in [2.45, 2.75) is 25.6 Å². The quantitative estimate of drug-likeness (QED) is 0.709. The van der Waals surface area contributed by atoms with E-state index in [9.17, 15) is 22.8 Å². The summed E-state index contributed by atoms with van der Waals surface area (Å²) in [7, 11) is 0. The molecule has 1 aliphatic rings. The second-order valence-corrected chi connectivity index (χ2v) is 7.74. The number of amides is 1. The molecule has 1 atom stereocenters. The number of halogens is 4. The summed E-state index contributed by atoms with van der Waals surface area (Å²) < 4.78 is 44.7. The van der Waals surface area contributed by atoms with Crippen LogP contribution in [0.5, 0.6) is 0 Å². The molecular weight excluding hydrogens is 471 g/mol. The molecule has 12 heteroatoms. The van der Waals surface area contributed by atoms with Crippen molar-refractivity contribution in [1.82, 2.24) is 19.9 Å². The highest BCUT2D eigenvalue weighted by atomic mass is 79.9. The minimum absolute atomic E-state index is 0.0400. The molecule has 2 aromatic rings. The molecule has 0 saturated carbocycles. The standard InChI is InChI=1S/C18H19BrF3N5O3/c1-11(6-12-7-14(18(20,21)22)15(28)23-8-12)30-17(29)27-4-2-26(3-5-27)16-24-9-13(19)10-25-16/h7-11H,2-6H2,1H3,(H,23,28). The molecule has 1 saturated heterocycles. The third kappa shape index (κ3) is 5.49. The number of H-pyrrole nitrogens is 1. The highest BCUT2D eigenvalue weighted by Crippen LogP contribution is 2.27. The second kappa shape index (κ2) is 9.02. The number of alkyl halides is 3. The summed E-state index contributed by atoms with van der Waals surface area (Å²) in [5, 5.41) is 0. The van der Waals surface area contributed by atoms with Crippen LogP contribution in [0.15, 0.2) is 33.9 Å². The van der Waals surface area contributed by atoms with E-state index in [-0.39, 0.29) is 12.0 Å². The number of aromatic amines is 1. The van der Waals surface area contributed by atoms with Gasteiger partial charge in [0.05, 0.1) is 4.47 Å². The van der Waals surface area contributed by atoms with Crippen LogP contribution in [-0.4, -0.2) is 58.2 Å². The summed E-state index contributed by atoms with van der Waals surface area (Å²) in [4.78, 5) is 37.7. The van der Waals surface area contributed by atoms with E-state index >= 15 is 0 Å². The van der Waals surface area contributed by atoms with E-state index in [1.165, 1.54) is 11.1 Å². The number of nitrogens with one attached hydrogen (secondary N) is 1. The van der Waals surface area contributed by atoms with Gasteiger partial charge in [0, 0.05) is 51.2 Å². The van der Waals surface area contributed by atoms with E-state index in [4.69, 9.17) is 4.74 Å². The number of carbonyl (C=O) groups excluding carboxylic acids is 1. The predicted molar refractivity (Wildman–Crippen MR) is 105 cm³/mol. The Labute approximate surface area is 178 Å². The number of piperazine rings is 1. The van der Waals surface area contributed by atoms with Crippen LogP contribution < -0.4 is 10.5 Å². The fourth-order valence-electron chi connectivity index (χ4n) is 3.04. The molecule has 0 radical (unpaired) electrons. The summed E-state index contributed by atoms with van der Waals surface area (Å²) in [6, 6.07) is 0.778. The monoisotopic (exact) mass is 489 g/mol. The molecule has 2 aromatic heterocycles. The summed E-state index contributed by atoms with van der Waals surface area (Å²) in [5.41, 5.74) is -2.26. The number of rotatable bonds is 4. The molecule has 3 heterocycles. The molecule has 0 spiro atoms. The SMILES string of the molecule is CC(Cc1c[nH]c(=O)c(C(F)(F)F)c1)OC(=O)N1CCN(c2ncc(Br)cn2)CC1. The van der Waals surface area contributed by atoms with Crippen molar-refractivity contribution in [1.29, 1.82) is 0 Å². The maximum atomic E-state index is 12.9. The largest absolute Gasteiger partial charge is 0.446 e. The Morgan fingerprint density at radius 2 is 1.90 bits per heavy atom. The first kappa shape index (κ1) is 22.1. The molecule has 0 bridgehead atoms. The van der Waals surface area contributed by atoms with E-state index in [1.54, 1.807) is 19.3 Å². The van der Waals surface area contributed by atoms with Crippen LogP contribution in [0.4, 0.5) is 23.9 Å². The molecule has 162 valence electrons. The highest BCUT2D eigenvalue weighted by molar-refractivity contribution is 9.10. The molecule has 3 rings (SSSR count). The summed E-state index contributed by atoms with van der Waals surface area (Å²) in [6.45, 7) is 3.45. The first-order chi connectivity index (χ1) is 14.1. The van der Waals surface area contributed by atoms with Crippen LogP contribution in [-0.2, 0) is 17.3 Å². The zero-order valence-electron chi connectivity index (χ0n) is 15.9. The van der Waals surface area contributed by atoms with E-state index in [0.29, 0.717) is 32.1 Å². The molecule has 30 heavy (non-hydrogen) atoms. The van der Waals surface area contributed by atoms with Crippen molar-refractivity contribution in [3.8, 4) is 0 Å². The van der Waals surface area contributed by atoms with Gasteiger partial charge in [-0.3, -0.25) is 4.79 Å². The molecule has 8 nitrogen and oxygen atoms in total. The van der Waals surface area contributed by atoms with Crippen LogP contribution in [0.2, 0.25) is 0 Å². The lowest BCUT2D eigenvalue weighted by Crippen LogP contribution is -2.50. The lowest BCUT2D eigenvalue weighted by Gasteiger charge is -2.34. The third-order valence-corrected chi connectivity index (χ3v) is 4.93. The van der Waals surface area contributed by atoms with Crippen molar-refractivity contribution in [3.05, 3.63) is 50.6 Å². The Kier molecular flexibility index (Phi) is 6.64. The average Bonchev–Trinajstić information content (AvgIpc) is 2.69. The number of anilines is 1. The molecule has 0 aromatic carbocycles. The van der Waals surface area contributed by atoms with Gasteiger partial charge in [0.1, 0.15) is 11.7 Å². The van der Waals surface area contributed by atoms with Crippen molar-refractivity contribution in [3.63, 3.8) is 0 Å². The zero-order chi connectivity index (χ0) is 21.9. The Hall–Kier alpha value is -2.63. The van der Waals surface area contributed by atoms with Crippen LogP contribution in [0.25, 0.3) is 0 Å². The molecule has 1 fully saturated rings. The normalized spacial score (nSPS) is 15.8. The van der Waals surface area contributed by atoms with E-state index in [0.717, 1.165) is 10.5 Å². The molecule has 1 N–H and O–H groups in total. The Morgan fingerprint density at radius 3 is 2.50 bits per heavy atom. The topological polar surface area (TPSA) is 91.4 Å². The van der Waals surface area contributed by atoms with Crippen molar-refractivity contribution in [2.24, 2.45) is 0 Å². The van der Waals surface area contributed by atoms with Gasteiger partial charge in [-0.1, -0.05) is 0 Å². The summed E-state index contributed by atoms with van der Waals surface area (Å²) in [6.07, 6.45) is -1.44. The molecule has 1 unspecified atom stereocenters. The number of aromatic nitrogens is 3. The zero-order valence-corrected chi connectivity index (χ0v) is 17.5. The van der Waals surface area contributed by atoms with Gasteiger partial charge in [-0.15, -0.1) is 0 Å². The number of carbonyl (C=O) groups is 1. The molecule has 1 aliphatic heterocycles. The molecule has 1 amide bonds. The van der Waals surface area contributed by atoms with E-state index in [2.05, 4.69) is 30.9 Å². The fourth-order valence-corrected chi connectivity index (χ4v) is 3.24. The van der Waals surface area contributed by atoms with E-state index in [1.807, 2.05) is 4.90 Å². The molecular formula is C18H19BrF3N5O3. The van der Waals surface area contributed by atoms with Crippen LogP contribution >= 0.6 is 15.9 Å². The minimum Gasteiger partial charge on any atom is -0.446 e. The third-order valence-electron chi connectivity index (χ3n) is 4.52. The number of pyridine rings is 1. The van der Waals surface area contributed by atoms with Gasteiger partial charge in [0.2, 0.25) is 5.95 Å². The van der Waals surface area contributed by atoms with Gasteiger partial charge >= 0.3 is 12.3 Å². The van der Waals surface area contributed by atoms with Gasteiger partial charge in [0.15, 0.2) is 0 Å². The van der Waals surface area contributed by atoms with Crippen LogP contribution in [0.3, 0.4) is 0 Å². The number of hydrogen-bond donors (Lipinski definition) is 1. The van der Waals surface area contributed by atoms with Gasteiger partial charge < -0.3 is 19.5 Å². The lowest BCUT2D eigenvalue weighted by molar-refractivity contribution is -0.138. The van der Waals surface area contributed by atoms with Gasteiger partial charge in [-0.2, -0.15) is 13.2 Å². The fraction of sp³-hybridized carbons (Fsp3) is 0.444. The Balaban J connectivity index is 1.53. The second-order valence-electron chi connectivity index (χ2n) is 6.82. The first-order valence-corrected chi connectivity index (χ1v) is 9.89. The summed E-state index contributed by atoms with van der Waals surface area (Å²) >= 11 is 3.28. The lowest BCUT2D eigenvalue weighted by atomic mass is 10.1. The molecule has 0 aliphatic carbocycles. The van der Waals surface area contributed by atoms with Crippen molar-refractivity contribution < 1.29 is 22.7 Å². The number of nitrogens with zero attached hydrogens (tertiary/aromatic N) is 4. The number of hydrogen-bond acceptors (Lipinski definition) is 6. The Morgan fingerprint density at radius 1 is 1.27 bits per heavy atom. The highest BCUT2D eigenvalue weighted by Gasteiger charge is 2.34. The minimum atomic E-state index is -4.75. The van der Waals surface area contributed by atoms with Crippen molar-refractivity contribution >= 4 is 28.0 Å². The van der Waals surface area contributed by atoms with Crippen LogP contribution in [0.1, 0.15) is 18.1 Å². The Bertz CT molecular complexity index is 943. The maximum absolute atomic E-state index is 12.9. The average molecular weight is 490 g/mol. The van der Waals surface area contributed by atoms with Crippen LogP contribution in [0, 0.1) is 0 Å². The number of ether oxygens (including phenoxy) is 1. The summed E-state index contributed by atoms with van der Waals surface area (Å²) in [5.74, 6) is 0.568. The van der Waals surface area contributed by atoms with E-state index < -0.39 is 29.5 Å². The van der Waals surface area contributed by atoms with Gasteiger partial charge in [-0.25, -0.2) is 14.8 Å². The smallest absolute Gasteiger partial charge is 0.421 e. The van der Waals surface area contributed by atoms with Crippen molar-refractivity contribution in [2.75, 3.05) is 31.1 Å². The maximum Gasteiger partial charge on any atom is 0.421 e. The van der Waals surface area contributed by atoms with Gasteiger partial charge in [0.25, 0.3) is 5.56 Å².